The zero-order valence-corrected chi connectivity index (χ0v) is 36.3. The van der Waals surface area contributed by atoms with Gasteiger partial charge in [0.25, 0.3) is 5.95 Å². The van der Waals surface area contributed by atoms with Crippen LogP contribution in [0.25, 0.3) is 10.8 Å². The molecule has 272 valence electrons. The number of benzene rings is 4. The summed E-state index contributed by atoms with van der Waals surface area (Å²) in [6.07, 6.45) is 0. The van der Waals surface area contributed by atoms with Crippen molar-refractivity contribution in [2.45, 2.75) is 16.7 Å². The molecule has 0 unspecified atom stereocenters. The number of azo groups is 1. The average Bonchev–Trinajstić information content (AvgIpc) is 3.06. The van der Waals surface area contributed by atoms with Crippen molar-refractivity contribution >= 4 is 107 Å². The van der Waals surface area contributed by atoms with E-state index in [4.69, 9.17) is 25.4 Å². The minimum Gasteiger partial charge on any atom is -0.871 e. The number of amidine groups is 1. The van der Waals surface area contributed by atoms with Gasteiger partial charge in [0.05, 0.1) is 34.9 Å². The van der Waals surface area contributed by atoms with Crippen LogP contribution in [0.2, 0.25) is 5.28 Å². The molecule has 0 atom stereocenters. The zero-order valence-electron chi connectivity index (χ0n) is 28.2. The van der Waals surface area contributed by atoms with Crippen LogP contribution in [0.15, 0.2) is 97.8 Å². The second kappa shape index (κ2) is 20.6. The van der Waals surface area contributed by atoms with E-state index in [1.807, 2.05) is 31.2 Å². The Balaban J connectivity index is 0.00000392. The summed E-state index contributed by atoms with van der Waals surface area (Å²) in [5, 5.41) is 27.1. The minimum absolute atomic E-state index is 0. The molecule has 0 saturated heterocycles. The Hall–Kier alpha value is -2.49. The molecule has 0 aliphatic rings. The summed E-state index contributed by atoms with van der Waals surface area (Å²) < 4.78 is 75.1. The van der Waals surface area contributed by atoms with Gasteiger partial charge in [-0.15, -0.1) is 17.7 Å². The predicted molar refractivity (Wildman–Crippen MR) is 191 cm³/mol. The third kappa shape index (κ3) is 13.9. The molecule has 1 heterocycles. The van der Waals surface area contributed by atoms with Gasteiger partial charge in [-0.1, -0.05) is 29.5 Å². The van der Waals surface area contributed by atoms with Gasteiger partial charge >= 0.3 is 69.5 Å². The van der Waals surface area contributed by atoms with Crippen molar-refractivity contribution in [3.63, 3.8) is 0 Å². The predicted octanol–water partition coefficient (Wildman–Crippen LogP) is -0.0646. The maximum absolute atomic E-state index is 13.4. The summed E-state index contributed by atoms with van der Waals surface area (Å²) in [5.41, 5.74) is 1.61. The van der Waals surface area contributed by atoms with Crippen LogP contribution in [0.4, 0.5) is 34.6 Å². The molecular formula is C29H23ClN8Na2O10S4. The molecular weight excluding hydrogens is 830 g/mol. The van der Waals surface area contributed by atoms with Gasteiger partial charge < -0.3 is 20.3 Å². The largest absolute Gasteiger partial charge is 1.00 e. The van der Waals surface area contributed by atoms with E-state index in [9.17, 15) is 26.5 Å². The standard InChI is InChI=1S/C29H25ClN8O10S4.2Na/c1-16-2-4-18(5-3-16)32-29(49)36-28-34-26(30)33-27(35-28)31-20-8-11-22-17(14-20)15-23(51(40,41)42)24(25(22)39)38-37-19-6-9-21(10-7-19)50-48-46-12-13-47-52(43,44)45;;/h2-11,14-15,39H,12-13H2,1H3,(H,40,41,42)(H,43,44,45)(H3,31,32,33,34,35,36,49);;/q;2*+1/p-2. The average molecular weight is 853 g/mol. The first kappa shape index (κ1) is 45.9. The van der Waals surface area contributed by atoms with Crippen molar-refractivity contribution in [3.8, 4) is 5.75 Å². The van der Waals surface area contributed by atoms with Crippen LogP contribution >= 0.6 is 36.3 Å². The number of rotatable bonds is 14. The molecule has 18 nitrogen and oxygen atoms in total. The Morgan fingerprint density at radius 3 is 2.30 bits per heavy atom. The van der Waals surface area contributed by atoms with E-state index in [1.165, 1.54) is 42.5 Å². The van der Waals surface area contributed by atoms with E-state index in [-0.39, 0.29) is 105 Å². The summed E-state index contributed by atoms with van der Waals surface area (Å²) in [5.74, 6) is -0.977. The van der Waals surface area contributed by atoms with Gasteiger partial charge in [-0.05, 0) is 83.9 Å². The normalized spacial score (nSPS) is 12.0. The van der Waals surface area contributed by atoms with Crippen LogP contribution in [0.5, 0.6) is 5.75 Å². The first-order valence-electron chi connectivity index (χ1n) is 14.3. The van der Waals surface area contributed by atoms with Gasteiger partial charge in [0.1, 0.15) is 16.7 Å². The van der Waals surface area contributed by atoms with E-state index < -0.39 is 43.5 Å². The van der Waals surface area contributed by atoms with E-state index in [0.717, 1.165) is 29.4 Å². The number of aliphatic imine (C=N–C) groups is 1. The molecule has 5 aromatic rings. The Kier molecular flexibility index (Phi) is 17.5. The number of fused-ring (bicyclic) bond motifs is 1. The van der Waals surface area contributed by atoms with Crippen LogP contribution in [-0.2, 0) is 33.9 Å². The number of aromatic nitrogens is 3. The number of nitrogens with one attached hydrogen (secondary N) is 2. The second-order valence-electron chi connectivity index (χ2n) is 10.1. The van der Waals surface area contributed by atoms with Gasteiger partial charge in [0, 0.05) is 16.3 Å². The van der Waals surface area contributed by atoms with Crippen LogP contribution in [0.3, 0.4) is 0 Å². The number of halogens is 1. The van der Waals surface area contributed by atoms with E-state index in [2.05, 4.69) is 57.6 Å². The maximum atomic E-state index is 13.4. The molecule has 5 rings (SSSR count). The Bertz CT molecular complexity index is 2380. The zero-order chi connectivity index (χ0) is 37.5. The quantitative estimate of drug-likeness (QED) is 0.0109. The fraction of sp³-hybridized carbons (Fsp3) is 0.103. The van der Waals surface area contributed by atoms with Crippen molar-refractivity contribution in [2.24, 2.45) is 15.2 Å². The Morgan fingerprint density at radius 1 is 0.944 bits per heavy atom. The molecule has 0 saturated carbocycles. The molecule has 25 heteroatoms. The Labute approximate surface area is 367 Å². The summed E-state index contributed by atoms with van der Waals surface area (Å²) in [4.78, 5) is 20.7. The third-order valence-electron chi connectivity index (χ3n) is 6.35. The Morgan fingerprint density at radius 2 is 1.63 bits per heavy atom. The molecule has 1 aromatic heterocycles. The van der Waals surface area contributed by atoms with Crippen molar-refractivity contribution in [2.75, 3.05) is 23.8 Å². The molecule has 0 aliphatic heterocycles. The number of anilines is 3. The topological polar surface area (TPSA) is 262 Å². The summed E-state index contributed by atoms with van der Waals surface area (Å²) in [6, 6.07) is 18.7. The first-order valence-corrected chi connectivity index (χ1v) is 18.6. The molecule has 0 bridgehead atoms. The third-order valence-corrected chi connectivity index (χ3v) is 8.67. The summed E-state index contributed by atoms with van der Waals surface area (Å²) in [6.45, 7) is 1.17. The van der Waals surface area contributed by atoms with Crippen LogP contribution < -0.4 is 74.9 Å². The first-order chi connectivity index (χ1) is 24.6. The van der Waals surface area contributed by atoms with Gasteiger partial charge in [-0.2, -0.15) is 37.8 Å². The van der Waals surface area contributed by atoms with E-state index >= 15 is 0 Å². The maximum Gasteiger partial charge on any atom is 1.00 e. The number of thiol groups is 1. The smallest absolute Gasteiger partial charge is 0.871 e. The van der Waals surface area contributed by atoms with Crippen molar-refractivity contribution in [1.82, 2.24) is 15.0 Å². The second-order valence-corrected chi connectivity index (χ2v) is 14.1. The summed E-state index contributed by atoms with van der Waals surface area (Å²) >= 11 is 11.2. The molecule has 0 radical (unpaired) electrons. The van der Waals surface area contributed by atoms with Crippen molar-refractivity contribution < 1.29 is 104 Å². The van der Waals surface area contributed by atoms with Crippen molar-refractivity contribution in [1.29, 1.82) is 0 Å². The number of aryl methyl sites for hydroxylation is 1. The van der Waals surface area contributed by atoms with Crippen LogP contribution in [0, 0.1) is 6.92 Å². The number of nitrogens with zero attached hydrogens (tertiary/aromatic N) is 6. The van der Waals surface area contributed by atoms with Crippen LogP contribution in [-0.4, -0.2) is 59.3 Å². The van der Waals surface area contributed by atoms with Crippen molar-refractivity contribution in [3.05, 3.63) is 83.6 Å². The minimum atomic E-state index is -5.20. The van der Waals surface area contributed by atoms with E-state index in [1.54, 1.807) is 0 Å². The van der Waals surface area contributed by atoms with Gasteiger partial charge in [0.15, 0.2) is 5.17 Å². The molecule has 4 aromatic carbocycles. The number of hydrogen-bond donors (Lipinski definition) is 4. The monoisotopic (exact) mass is 852 g/mol. The number of hydrogen-bond acceptors (Lipinski definition) is 17. The SMILES string of the molecule is Cc1ccc(NC(S)=Nc2nc(Cl)nc(Nc3ccc4c([O-])c(N=Nc5ccc(SOOCCOS(=O)(=O)O)cc5)c(S(=O)(=O)[O-])cc4c3)n2)cc1.[Na+].[Na+]. The molecule has 54 heavy (non-hydrogen) atoms. The van der Waals surface area contributed by atoms with Gasteiger partial charge in [-0.3, -0.25) is 4.55 Å². The summed E-state index contributed by atoms with van der Waals surface area (Å²) in [7, 11) is -9.79. The molecule has 0 amide bonds. The fourth-order valence-corrected chi connectivity index (χ4v) is 5.85. The fourth-order valence-electron chi connectivity index (χ4n) is 4.11. The van der Waals surface area contributed by atoms with Gasteiger partial charge in [-0.25, -0.2) is 17.5 Å². The molecule has 3 N–H and O–H groups in total. The van der Waals surface area contributed by atoms with Crippen LogP contribution in [0.1, 0.15) is 5.56 Å². The van der Waals surface area contributed by atoms with E-state index in [0.29, 0.717) is 10.6 Å². The molecule has 0 fully saturated rings. The molecule has 0 aliphatic carbocycles. The van der Waals surface area contributed by atoms with Gasteiger partial charge in [0.2, 0.25) is 11.2 Å². The molecule has 0 spiro atoms.